The molecule has 0 radical (unpaired) electrons. The summed E-state index contributed by atoms with van der Waals surface area (Å²) in [6, 6.07) is 8.80. The molecule has 0 nitrogen and oxygen atoms in total. The third-order valence-corrected chi connectivity index (χ3v) is 2.90. The molecule has 1 rings (SSSR count). The van der Waals surface area contributed by atoms with Gasteiger partial charge in [0, 0.05) is 5.25 Å². The van der Waals surface area contributed by atoms with Crippen molar-refractivity contribution in [2.75, 3.05) is 0 Å². The predicted octanol–water partition coefficient (Wildman–Crippen LogP) is 4.19. The molecular weight excluding hydrogens is 176 g/mol. The molecular formula is C12H18S. The molecule has 13 heavy (non-hydrogen) atoms. The van der Waals surface area contributed by atoms with Crippen LogP contribution in [-0.4, -0.2) is 0 Å². The van der Waals surface area contributed by atoms with Crippen LogP contribution in [0.1, 0.15) is 49.5 Å². The molecule has 0 bridgehead atoms. The Hall–Kier alpha value is -0.430. The number of hydrogen-bond acceptors (Lipinski definition) is 1. The molecule has 0 aliphatic carbocycles. The van der Waals surface area contributed by atoms with E-state index < -0.39 is 0 Å². The van der Waals surface area contributed by atoms with Crippen LogP contribution in [0.3, 0.4) is 0 Å². The van der Waals surface area contributed by atoms with Gasteiger partial charge in [-0.15, -0.1) is 0 Å². The molecule has 0 aliphatic heterocycles. The Morgan fingerprint density at radius 1 is 1.08 bits per heavy atom. The smallest absolute Gasteiger partial charge is 0.0238 e. The Kier molecular flexibility index (Phi) is 3.86. The van der Waals surface area contributed by atoms with Gasteiger partial charge in [0.1, 0.15) is 0 Å². The minimum Gasteiger partial charge on any atom is -0.171 e. The monoisotopic (exact) mass is 194 g/mol. The standard InChI is InChI=1S/C12H18S/c1-4-9(2)11-5-7-12(8-6-11)10(3)13/h5-10,13H,4H2,1-3H3. The van der Waals surface area contributed by atoms with Crippen molar-refractivity contribution in [1.82, 2.24) is 0 Å². The van der Waals surface area contributed by atoms with Gasteiger partial charge in [-0.05, 0) is 30.4 Å². The van der Waals surface area contributed by atoms with Crippen LogP contribution in [0, 0.1) is 0 Å². The average Bonchev–Trinajstić information content (AvgIpc) is 2.17. The van der Waals surface area contributed by atoms with Crippen LogP contribution >= 0.6 is 12.6 Å². The Bertz CT molecular complexity index is 248. The molecule has 0 saturated heterocycles. The summed E-state index contributed by atoms with van der Waals surface area (Å²) in [5.41, 5.74) is 2.73. The zero-order chi connectivity index (χ0) is 9.84. The van der Waals surface area contributed by atoms with E-state index in [1.807, 2.05) is 0 Å². The van der Waals surface area contributed by atoms with E-state index in [2.05, 4.69) is 57.7 Å². The van der Waals surface area contributed by atoms with Crippen molar-refractivity contribution >= 4 is 12.6 Å². The van der Waals surface area contributed by atoms with Crippen molar-refractivity contribution in [1.29, 1.82) is 0 Å². The number of benzene rings is 1. The largest absolute Gasteiger partial charge is 0.171 e. The molecule has 1 heteroatoms. The normalized spacial score (nSPS) is 15.4. The van der Waals surface area contributed by atoms with Crippen molar-refractivity contribution in [3.05, 3.63) is 35.4 Å². The van der Waals surface area contributed by atoms with Crippen molar-refractivity contribution in [3.63, 3.8) is 0 Å². The summed E-state index contributed by atoms with van der Waals surface area (Å²) in [5, 5.41) is 0.339. The predicted molar refractivity (Wildman–Crippen MR) is 62.5 cm³/mol. The second-order valence-corrected chi connectivity index (χ2v) is 4.43. The first-order chi connectivity index (χ1) is 6.15. The topological polar surface area (TPSA) is 0 Å². The Morgan fingerprint density at radius 3 is 1.92 bits per heavy atom. The minimum atomic E-state index is 0.339. The maximum absolute atomic E-state index is 4.40. The summed E-state index contributed by atoms with van der Waals surface area (Å²) in [6.07, 6.45) is 1.20. The fraction of sp³-hybridized carbons (Fsp3) is 0.500. The molecule has 0 fully saturated rings. The van der Waals surface area contributed by atoms with Gasteiger partial charge in [-0.1, -0.05) is 38.1 Å². The lowest BCUT2D eigenvalue weighted by atomic mass is 9.97. The van der Waals surface area contributed by atoms with Crippen LogP contribution in [0.2, 0.25) is 0 Å². The lowest BCUT2D eigenvalue weighted by molar-refractivity contribution is 0.733. The fourth-order valence-electron chi connectivity index (χ4n) is 1.34. The highest BCUT2D eigenvalue weighted by molar-refractivity contribution is 7.80. The third kappa shape index (κ3) is 2.77. The van der Waals surface area contributed by atoms with Gasteiger partial charge >= 0.3 is 0 Å². The molecule has 0 spiro atoms. The summed E-state index contributed by atoms with van der Waals surface area (Å²) in [5.74, 6) is 0.671. The van der Waals surface area contributed by atoms with E-state index in [0.717, 1.165) is 0 Å². The van der Waals surface area contributed by atoms with Crippen molar-refractivity contribution in [2.45, 2.75) is 38.4 Å². The van der Waals surface area contributed by atoms with Crippen molar-refractivity contribution in [3.8, 4) is 0 Å². The number of rotatable bonds is 3. The van der Waals surface area contributed by atoms with E-state index in [4.69, 9.17) is 0 Å². The van der Waals surface area contributed by atoms with Gasteiger partial charge in [0.05, 0.1) is 0 Å². The maximum atomic E-state index is 4.40. The van der Waals surface area contributed by atoms with E-state index in [1.54, 1.807) is 0 Å². The number of thiol groups is 1. The highest BCUT2D eigenvalue weighted by atomic mass is 32.1. The highest BCUT2D eigenvalue weighted by Gasteiger charge is 2.03. The van der Waals surface area contributed by atoms with Crippen LogP contribution < -0.4 is 0 Å². The van der Waals surface area contributed by atoms with E-state index in [9.17, 15) is 0 Å². The molecule has 1 aromatic carbocycles. The van der Waals surface area contributed by atoms with Gasteiger partial charge < -0.3 is 0 Å². The summed E-state index contributed by atoms with van der Waals surface area (Å²) in [4.78, 5) is 0. The van der Waals surface area contributed by atoms with Crippen molar-refractivity contribution in [2.24, 2.45) is 0 Å². The quantitative estimate of drug-likeness (QED) is 0.685. The molecule has 2 atom stereocenters. The van der Waals surface area contributed by atoms with Crippen LogP contribution in [0.25, 0.3) is 0 Å². The van der Waals surface area contributed by atoms with Crippen LogP contribution in [0.5, 0.6) is 0 Å². The lowest BCUT2D eigenvalue weighted by Gasteiger charge is -2.10. The maximum Gasteiger partial charge on any atom is 0.0238 e. The first kappa shape index (κ1) is 10.6. The van der Waals surface area contributed by atoms with Gasteiger partial charge in [0.15, 0.2) is 0 Å². The first-order valence-electron chi connectivity index (χ1n) is 4.93. The first-order valence-corrected chi connectivity index (χ1v) is 5.44. The van der Waals surface area contributed by atoms with E-state index in [-0.39, 0.29) is 0 Å². The molecule has 1 aromatic rings. The second-order valence-electron chi connectivity index (χ2n) is 3.65. The van der Waals surface area contributed by atoms with Gasteiger partial charge in [-0.3, -0.25) is 0 Å². The summed E-state index contributed by atoms with van der Waals surface area (Å²) in [6.45, 7) is 6.58. The van der Waals surface area contributed by atoms with E-state index in [0.29, 0.717) is 11.2 Å². The van der Waals surface area contributed by atoms with Gasteiger partial charge in [0.25, 0.3) is 0 Å². The van der Waals surface area contributed by atoms with Gasteiger partial charge in [0.2, 0.25) is 0 Å². The average molecular weight is 194 g/mol. The molecule has 0 amide bonds. The lowest BCUT2D eigenvalue weighted by Crippen LogP contribution is -1.92. The molecule has 0 aromatic heterocycles. The summed E-state index contributed by atoms with van der Waals surface area (Å²) < 4.78 is 0. The van der Waals surface area contributed by atoms with Gasteiger partial charge in [-0.25, -0.2) is 0 Å². The summed E-state index contributed by atoms with van der Waals surface area (Å²) >= 11 is 4.40. The molecule has 0 N–H and O–H groups in total. The molecule has 0 heterocycles. The van der Waals surface area contributed by atoms with Crippen LogP contribution in [-0.2, 0) is 0 Å². The highest BCUT2D eigenvalue weighted by Crippen LogP contribution is 2.23. The van der Waals surface area contributed by atoms with E-state index in [1.165, 1.54) is 17.5 Å². The fourth-order valence-corrected chi connectivity index (χ4v) is 1.51. The van der Waals surface area contributed by atoms with Crippen LogP contribution in [0.15, 0.2) is 24.3 Å². The Morgan fingerprint density at radius 2 is 1.54 bits per heavy atom. The third-order valence-electron chi connectivity index (χ3n) is 2.60. The molecule has 0 saturated carbocycles. The van der Waals surface area contributed by atoms with Crippen LogP contribution in [0.4, 0.5) is 0 Å². The Labute approximate surface area is 86.8 Å². The van der Waals surface area contributed by atoms with E-state index >= 15 is 0 Å². The Balaban J connectivity index is 2.81. The summed E-state index contributed by atoms with van der Waals surface area (Å²) in [7, 11) is 0. The SMILES string of the molecule is CCC(C)c1ccc(C(C)S)cc1. The molecule has 72 valence electrons. The zero-order valence-electron chi connectivity index (χ0n) is 8.62. The van der Waals surface area contributed by atoms with Crippen molar-refractivity contribution < 1.29 is 0 Å². The van der Waals surface area contributed by atoms with Gasteiger partial charge in [-0.2, -0.15) is 12.6 Å². The second kappa shape index (κ2) is 4.71. The number of hydrogen-bond donors (Lipinski definition) is 1. The zero-order valence-corrected chi connectivity index (χ0v) is 9.51. The minimum absolute atomic E-state index is 0.339. The molecule has 0 aliphatic rings. The molecule has 2 unspecified atom stereocenters.